The monoisotopic (exact) mass is 634 g/mol. The van der Waals surface area contributed by atoms with Gasteiger partial charge in [-0.1, -0.05) is 39.0 Å². The molecule has 2 aromatic carbocycles. The number of benzene rings is 2. The Hall–Kier alpha value is -3.68. The number of amides is 4. The Morgan fingerprint density at radius 1 is 0.955 bits per heavy atom. The molecule has 6 N–H and O–H groups in total. The van der Waals surface area contributed by atoms with Gasteiger partial charge in [-0.25, -0.2) is 4.39 Å². The summed E-state index contributed by atoms with van der Waals surface area (Å²) in [6.45, 7) is 10.6. The van der Waals surface area contributed by atoms with Crippen LogP contribution in [0, 0.1) is 12.7 Å². The Labute approximate surface area is 261 Å². The second-order valence-electron chi connectivity index (χ2n) is 10.6. The van der Waals surface area contributed by atoms with Crippen molar-refractivity contribution in [2.45, 2.75) is 89.9 Å². The van der Waals surface area contributed by atoms with Gasteiger partial charge in [-0.2, -0.15) is 0 Å². The Morgan fingerprint density at radius 3 is 2.27 bits per heavy atom. The summed E-state index contributed by atoms with van der Waals surface area (Å²) in [7, 11) is 0. The van der Waals surface area contributed by atoms with Crippen molar-refractivity contribution < 1.29 is 38.5 Å². The van der Waals surface area contributed by atoms with Crippen LogP contribution in [0.15, 0.2) is 36.4 Å². The lowest BCUT2D eigenvalue weighted by Gasteiger charge is -2.19. The third-order valence-electron chi connectivity index (χ3n) is 6.48. The summed E-state index contributed by atoms with van der Waals surface area (Å²) in [6.07, 6.45) is -1.30. The lowest BCUT2D eigenvalue weighted by Crippen LogP contribution is -2.50. The molecule has 4 amide bonds. The van der Waals surface area contributed by atoms with Crippen molar-refractivity contribution in [1.82, 2.24) is 16.0 Å². The molecule has 44 heavy (non-hydrogen) atoms. The first-order valence-corrected chi connectivity index (χ1v) is 15.4. The molecule has 3 unspecified atom stereocenters. The van der Waals surface area contributed by atoms with Crippen LogP contribution in [0.2, 0.25) is 0 Å². The third kappa shape index (κ3) is 11.4. The zero-order valence-electron chi connectivity index (χ0n) is 25.9. The summed E-state index contributed by atoms with van der Waals surface area (Å²) < 4.78 is 20.2. The molecule has 0 heterocycles. The maximum atomic E-state index is 14.6. The Morgan fingerprint density at radius 2 is 1.64 bits per heavy atom. The topological polar surface area (TPSA) is 166 Å². The van der Waals surface area contributed by atoms with Crippen LogP contribution in [0.5, 0.6) is 5.75 Å². The smallest absolute Gasteiger partial charge is 0.246 e. The summed E-state index contributed by atoms with van der Waals surface area (Å²) in [5, 5.41) is 29.6. The van der Waals surface area contributed by atoms with Gasteiger partial charge < -0.3 is 36.2 Å². The predicted octanol–water partition coefficient (Wildman–Crippen LogP) is 3.07. The molecule has 0 saturated carbocycles. The fourth-order valence-electron chi connectivity index (χ4n) is 4.12. The van der Waals surface area contributed by atoms with Crippen LogP contribution in [0.3, 0.4) is 0 Å². The number of aryl methyl sites for hydroxylation is 1. The van der Waals surface area contributed by atoms with Gasteiger partial charge >= 0.3 is 0 Å². The molecule has 242 valence electrons. The molecule has 13 heteroatoms. The SMILES string of the molecule is CCC(SC(C)C)C(=O)NCCC(=O)NC(C)C(=O)NC(C)C(=O)Nc1cccc(COc2ccc(C)c(C(O)O)c2F)c1. The van der Waals surface area contributed by atoms with Crippen molar-refractivity contribution in [3.63, 3.8) is 0 Å². The summed E-state index contributed by atoms with van der Waals surface area (Å²) in [5.74, 6) is -2.62. The van der Waals surface area contributed by atoms with E-state index in [2.05, 4.69) is 21.3 Å². The van der Waals surface area contributed by atoms with E-state index in [0.717, 1.165) is 0 Å². The lowest BCUT2D eigenvalue weighted by atomic mass is 10.1. The minimum absolute atomic E-state index is 0.00331. The molecule has 0 spiro atoms. The van der Waals surface area contributed by atoms with E-state index in [1.54, 1.807) is 43.0 Å². The van der Waals surface area contributed by atoms with Crippen LogP contribution >= 0.6 is 11.8 Å². The zero-order chi connectivity index (χ0) is 33.0. The van der Waals surface area contributed by atoms with E-state index in [9.17, 15) is 33.8 Å². The maximum Gasteiger partial charge on any atom is 0.246 e. The molecule has 0 bridgehead atoms. The highest BCUT2D eigenvalue weighted by Crippen LogP contribution is 2.28. The van der Waals surface area contributed by atoms with Gasteiger partial charge in [-0.05, 0) is 61.8 Å². The number of anilines is 1. The lowest BCUT2D eigenvalue weighted by molar-refractivity contribution is -0.130. The van der Waals surface area contributed by atoms with Crippen molar-refractivity contribution in [2.75, 3.05) is 11.9 Å². The highest BCUT2D eigenvalue weighted by atomic mass is 32.2. The van der Waals surface area contributed by atoms with E-state index in [4.69, 9.17) is 4.74 Å². The van der Waals surface area contributed by atoms with Gasteiger partial charge in [0, 0.05) is 24.2 Å². The van der Waals surface area contributed by atoms with Crippen LogP contribution in [-0.2, 0) is 25.8 Å². The van der Waals surface area contributed by atoms with Crippen molar-refractivity contribution >= 4 is 41.1 Å². The van der Waals surface area contributed by atoms with E-state index in [1.807, 2.05) is 20.8 Å². The minimum atomic E-state index is -1.98. The average Bonchev–Trinajstić information content (AvgIpc) is 2.95. The number of aliphatic hydroxyl groups excluding tert-OH is 1. The summed E-state index contributed by atoms with van der Waals surface area (Å²) in [6, 6.07) is 7.68. The summed E-state index contributed by atoms with van der Waals surface area (Å²) in [5.41, 5.74) is 1.11. The third-order valence-corrected chi connectivity index (χ3v) is 7.90. The van der Waals surface area contributed by atoms with Gasteiger partial charge in [0.15, 0.2) is 17.9 Å². The fourth-order valence-corrected chi connectivity index (χ4v) is 5.17. The van der Waals surface area contributed by atoms with Gasteiger partial charge in [0.05, 0.1) is 5.25 Å². The van der Waals surface area contributed by atoms with E-state index in [1.165, 1.54) is 26.0 Å². The number of carbonyl (C=O) groups excluding carboxylic acids is 4. The molecule has 11 nitrogen and oxygen atoms in total. The van der Waals surface area contributed by atoms with E-state index in [-0.39, 0.29) is 42.0 Å². The normalized spacial score (nSPS) is 13.2. The standard InChI is InChI=1S/C31H43FN4O7S/c1-7-24(44-17(2)3)30(40)33-14-13-25(37)34-19(5)28(38)35-20(6)29(39)36-22-10-8-9-21(15-22)16-43-23-12-11-18(4)26(27(23)32)31(41)42/h8-12,15,17,19-20,24,31,41-42H,7,13-14,16H2,1-6H3,(H,33,40)(H,34,37)(H,35,38)(H,36,39). The molecule has 0 aliphatic carbocycles. The molecular formula is C31H43FN4O7S. The Balaban J connectivity index is 1.83. The second kappa shape index (κ2) is 17.6. The first-order valence-electron chi connectivity index (χ1n) is 14.4. The molecule has 2 rings (SSSR count). The average molecular weight is 635 g/mol. The van der Waals surface area contributed by atoms with Crippen LogP contribution < -0.4 is 26.0 Å². The molecule has 0 aliphatic heterocycles. The van der Waals surface area contributed by atoms with Crippen molar-refractivity contribution in [2.24, 2.45) is 0 Å². The highest BCUT2D eigenvalue weighted by Gasteiger charge is 2.22. The molecule has 0 fully saturated rings. The van der Waals surface area contributed by atoms with E-state index in [0.29, 0.717) is 28.5 Å². The molecular weight excluding hydrogens is 591 g/mol. The van der Waals surface area contributed by atoms with Crippen LogP contribution in [0.1, 0.15) is 70.4 Å². The fraction of sp³-hybridized carbons (Fsp3) is 0.484. The van der Waals surface area contributed by atoms with Gasteiger partial charge in [-0.15, -0.1) is 11.8 Å². The second-order valence-corrected chi connectivity index (χ2v) is 12.4. The number of aliphatic hydroxyl groups is 2. The minimum Gasteiger partial charge on any atom is -0.486 e. The number of nitrogens with one attached hydrogen (secondary N) is 4. The summed E-state index contributed by atoms with van der Waals surface area (Å²) >= 11 is 1.56. The molecule has 3 atom stereocenters. The zero-order valence-corrected chi connectivity index (χ0v) is 26.7. The predicted molar refractivity (Wildman–Crippen MR) is 167 cm³/mol. The van der Waals surface area contributed by atoms with Gasteiger partial charge in [0.2, 0.25) is 23.6 Å². The molecule has 2 aromatic rings. The van der Waals surface area contributed by atoms with Crippen molar-refractivity contribution in [1.29, 1.82) is 0 Å². The first kappa shape index (κ1) is 36.5. The summed E-state index contributed by atoms with van der Waals surface area (Å²) in [4.78, 5) is 49.9. The number of hydrogen-bond acceptors (Lipinski definition) is 8. The quantitative estimate of drug-likeness (QED) is 0.153. The van der Waals surface area contributed by atoms with Crippen LogP contribution in [-0.4, -0.2) is 63.0 Å². The van der Waals surface area contributed by atoms with Crippen LogP contribution in [0.25, 0.3) is 0 Å². The Kier molecular flexibility index (Phi) is 14.6. The Bertz CT molecular complexity index is 1310. The number of rotatable bonds is 16. The largest absolute Gasteiger partial charge is 0.486 e. The van der Waals surface area contributed by atoms with Gasteiger partial charge in [0.1, 0.15) is 18.7 Å². The van der Waals surface area contributed by atoms with Crippen LogP contribution in [0.4, 0.5) is 10.1 Å². The number of hydrogen-bond donors (Lipinski definition) is 6. The molecule has 0 radical (unpaired) electrons. The van der Waals surface area contributed by atoms with Gasteiger partial charge in [0.25, 0.3) is 0 Å². The molecule has 0 aliphatic rings. The number of ether oxygens (including phenoxy) is 1. The number of carbonyl (C=O) groups is 4. The van der Waals surface area contributed by atoms with E-state index >= 15 is 0 Å². The molecule has 0 aromatic heterocycles. The molecule has 0 saturated heterocycles. The van der Waals surface area contributed by atoms with Crippen molar-refractivity contribution in [3.05, 3.63) is 58.9 Å². The first-order chi connectivity index (χ1) is 20.7. The van der Waals surface area contributed by atoms with E-state index < -0.39 is 41.9 Å². The highest BCUT2D eigenvalue weighted by molar-refractivity contribution is 8.01. The number of halogens is 1. The van der Waals surface area contributed by atoms with Gasteiger partial charge in [-0.3, -0.25) is 19.2 Å². The maximum absolute atomic E-state index is 14.6. The number of thioether (sulfide) groups is 1. The van der Waals surface area contributed by atoms with Crippen molar-refractivity contribution in [3.8, 4) is 5.75 Å².